The summed E-state index contributed by atoms with van der Waals surface area (Å²) in [6.45, 7) is 2.32. The first-order valence-electron chi connectivity index (χ1n) is 8.09. The number of rotatable bonds is 0. The number of aryl methyl sites for hydroxylation is 1. The molecule has 0 aliphatic heterocycles. The van der Waals surface area contributed by atoms with Gasteiger partial charge < -0.3 is 10.2 Å². The fraction of sp³-hybridized carbons (Fsp3) is 0.667. The zero-order valence-corrected chi connectivity index (χ0v) is 13.4. The minimum absolute atomic E-state index is 0. The van der Waals surface area contributed by atoms with Crippen molar-refractivity contribution >= 4 is 50.1 Å². The van der Waals surface area contributed by atoms with Gasteiger partial charge >= 0.3 is 37.7 Å². The van der Waals surface area contributed by atoms with Crippen molar-refractivity contribution in [3.63, 3.8) is 0 Å². The maximum atomic E-state index is 10.4. The van der Waals surface area contributed by atoms with E-state index in [1.54, 1.807) is 0 Å². The molecule has 3 aliphatic carbocycles. The van der Waals surface area contributed by atoms with Crippen LogP contribution >= 0.6 is 12.4 Å². The minimum atomic E-state index is -0.0883. The molecular weight excluding hydrogens is 324 g/mol. The van der Waals surface area contributed by atoms with Crippen LogP contribution in [0.2, 0.25) is 0 Å². The molecular formula is C18H27CaClO2. The first-order valence-corrected chi connectivity index (χ1v) is 8.09. The summed E-state index contributed by atoms with van der Waals surface area (Å²) < 4.78 is 0. The standard InChI is InChI=1S/C18H24O2.Ca.ClH.2H/c1-18-9-8-14-13-5-3-12(19)10-11(13)2-4-15(14)16(18)6-7-17(18)20;;;;/h3,5,10,14-17,19-20H,2,4,6-9H2,1H3;;1H;;/t14-,15-,16+,17+,18+;;;;/m1..../s1. The predicted octanol–water partition coefficient (Wildman–Crippen LogP) is 3.11. The van der Waals surface area contributed by atoms with Gasteiger partial charge in [0.05, 0.1) is 6.10 Å². The van der Waals surface area contributed by atoms with Crippen molar-refractivity contribution in [1.29, 1.82) is 0 Å². The molecule has 0 amide bonds. The topological polar surface area (TPSA) is 40.5 Å². The van der Waals surface area contributed by atoms with Crippen LogP contribution in [0.4, 0.5) is 0 Å². The summed E-state index contributed by atoms with van der Waals surface area (Å²) in [7, 11) is 0. The van der Waals surface area contributed by atoms with Crippen molar-refractivity contribution in [3.8, 4) is 5.75 Å². The maximum absolute atomic E-state index is 10.4. The molecule has 4 rings (SSSR count). The van der Waals surface area contributed by atoms with Crippen molar-refractivity contribution < 1.29 is 10.2 Å². The summed E-state index contributed by atoms with van der Waals surface area (Å²) in [6.07, 6.45) is 6.78. The third-order valence-electron chi connectivity index (χ3n) is 6.66. The zero-order chi connectivity index (χ0) is 13.9. The number of hydrogen-bond acceptors (Lipinski definition) is 2. The van der Waals surface area contributed by atoms with Gasteiger partial charge in [-0.1, -0.05) is 13.0 Å². The summed E-state index contributed by atoms with van der Waals surface area (Å²) in [5.74, 6) is 2.49. The molecule has 2 nitrogen and oxygen atoms in total. The van der Waals surface area contributed by atoms with Crippen LogP contribution in [0, 0.1) is 17.3 Å². The third kappa shape index (κ3) is 2.73. The molecule has 1 aromatic carbocycles. The molecule has 2 saturated carbocycles. The average molecular weight is 351 g/mol. The number of phenolic OH excluding ortho intramolecular Hbond substituents is 1. The van der Waals surface area contributed by atoms with Gasteiger partial charge in [-0.2, -0.15) is 0 Å². The predicted molar refractivity (Wildman–Crippen MR) is 94.5 cm³/mol. The number of halogens is 1. The van der Waals surface area contributed by atoms with Crippen molar-refractivity contribution in [3.05, 3.63) is 29.3 Å². The Hall–Kier alpha value is 0.530. The second-order valence-corrected chi connectivity index (χ2v) is 7.44. The first-order chi connectivity index (χ1) is 9.59. The second-order valence-electron chi connectivity index (χ2n) is 7.44. The van der Waals surface area contributed by atoms with E-state index in [9.17, 15) is 10.2 Å². The Kier molecular flexibility index (Phi) is 5.83. The van der Waals surface area contributed by atoms with E-state index in [0.717, 1.165) is 25.2 Å². The van der Waals surface area contributed by atoms with Crippen LogP contribution in [0.1, 0.15) is 56.1 Å². The Bertz CT molecular complexity index is 550. The van der Waals surface area contributed by atoms with Crippen LogP contribution < -0.4 is 0 Å². The molecule has 4 heteroatoms. The van der Waals surface area contributed by atoms with Gasteiger partial charge in [0.1, 0.15) is 5.75 Å². The van der Waals surface area contributed by atoms with Crippen LogP contribution in [-0.2, 0) is 6.42 Å². The van der Waals surface area contributed by atoms with Crippen LogP contribution in [0.25, 0.3) is 0 Å². The average Bonchev–Trinajstić information content (AvgIpc) is 2.74. The fourth-order valence-corrected chi connectivity index (χ4v) is 5.54. The van der Waals surface area contributed by atoms with E-state index in [4.69, 9.17) is 0 Å². The van der Waals surface area contributed by atoms with E-state index >= 15 is 0 Å². The van der Waals surface area contributed by atoms with Gasteiger partial charge in [-0.3, -0.25) is 0 Å². The van der Waals surface area contributed by atoms with Crippen LogP contribution in [0.3, 0.4) is 0 Å². The van der Waals surface area contributed by atoms with Crippen molar-refractivity contribution in [2.24, 2.45) is 17.3 Å². The number of hydrogen-bond donors (Lipinski definition) is 2. The van der Waals surface area contributed by atoms with Crippen LogP contribution in [0.5, 0.6) is 5.75 Å². The molecule has 0 bridgehead atoms. The Labute approximate surface area is 169 Å². The molecule has 2 N–H and O–H groups in total. The molecule has 1 aromatic rings. The number of aromatic hydroxyl groups is 1. The summed E-state index contributed by atoms with van der Waals surface area (Å²) in [4.78, 5) is 0. The zero-order valence-electron chi connectivity index (χ0n) is 12.6. The van der Waals surface area contributed by atoms with Crippen molar-refractivity contribution in [1.82, 2.24) is 0 Å². The number of benzene rings is 1. The van der Waals surface area contributed by atoms with Gasteiger partial charge in [-0.15, -0.1) is 12.4 Å². The summed E-state index contributed by atoms with van der Waals surface area (Å²) in [6, 6.07) is 5.96. The van der Waals surface area contributed by atoms with Crippen molar-refractivity contribution in [2.75, 3.05) is 0 Å². The molecule has 0 heterocycles. The van der Waals surface area contributed by atoms with Crippen molar-refractivity contribution in [2.45, 2.75) is 57.5 Å². The van der Waals surface area contributed by atoms with Gasteiger partial charge in [0, 0.05) is 0 Å². The van der Waals surface area contributed by atoms with Crippen LogP contribution in [-0.4, -0.2) is 54.1 Å². The number of fused-ring (bicyclic) bond motifs is 5. The Balaban J connectivity index is 0.000000882. The molecule has 2 fully saturated rings. The van der Waals surface area contributed by atoms with E-state index in [2.05, 4.69) is 13.0 Å². The van der Waals surface area contributed by atoms with E-state index in [1.165, 1.54) is 30.4 Å². The van der Waals surface area contributed by atoms with E-state index in [1.807, 2.05) is 12.1 Å². The number of aliphatic hydroxyl groups is 1. The SMILES string of the molecule is C[C@]12CC[C@@H]3c4ccc(O)cc4CC[C@H]3[C@@H]1CC[C@@H]2O.Cl.[CaH2]. The van der Waals surface area contributed by atoms with Crippen LogP contribution in [0.15, 0.2) is 18.2 Å². The number of aliphatic hydroxyl groups excluding tert-OH is 1. The van der Waals surface area contributed by atoms with Gasteiger partial charge in [0.25, 0.3) is 0 Å². The first kappa shape index (κ1) is 18.9. The molecule has 120 valence electrons. The number of phenols is 1. The Morgan fingerprint density at radius 2 is 1.91 bits per heavy atom. The monoisotopic (exact) mass is 350 g/mol. The van der Waals surface area contributed by atoms with Gasteiger partial charge in [-0.05, 0) is 85.0 Å². The van der Waals surface area contributed by atoms with Gasteiger partial charge in [0.15, 0.2) is 0 Å². The van der Waals surface area contributed by atoms with Gasteiger partial charge in [0.2, 0.25) is 0 Å². The second kappa shape index (κ2) is 6.80. The van der Waals surface area contributed by atoms with Gasteiger partial charge in [-0.25, -0.2) is 0 Å². The summed E-state index contributed by atoms with van der Waals surface area (Å²) >= 11 is 0. The Morgan fingerprint density at radius 1 is 1.14 bits per heavy atom. The fourth-order valence-electron chi connectivity index (χ4n) is 5.54. The molecule has 0 radical (unpaired) electrons. The molecule has 5 atom stereocenters. The molecule has 0 aromatic heterocycles. The molecule has 0 unspecified atom stereocenters. The molecule has 0 spiro atoms. The summed E-state index contributed by atoms with van der Waals surface area (Å²) in [5, 5.41) is 20.0. The molecule has 0 saturated heterocycles. The van der Waals surface area contributed by atoms with E-state index in [-0.39, 0.29) is 61.7 Å². The third-order valence-corrected chi connectivity index (χ3v) is 6.66. The normalized spacial score (nSPS) is 38.8. The molecule has 3 aliphatic rings. The Morgan fingerprint density at radius 3 is 2.68 bits per heavy atom. The van der Waals surface area contributed by atoms with E-state index in [0.29, 0.717) is 17.6 Å². The molecule has 22 heavy (non-hydrogen) atoms. The summed E-state index contributed by atoms with van der Waals surface area (Å²) in [5.41, 5.74) is 2.99. The van der Waals surface area contributed by atoms with E-state index < -0.39 is 0 Å². The quantitative estimate of drug-likeness (QED) is 0.706.